The first-order valence-electron chi connectivity index (χ1n) is 6.74. The predicted octanol–water partition coefficient (Wildman–Crippen LogP) is 1.76. The third-order valence-corrected chi connectivity index (χ3v) is 4.39. The van der Waals surface area contributed by atoms with Crippen molar-refractivity contribution >= 4 is 5.69 Å². The number of anilines is 1. The Hall–Kier alpha value is -1.29. The second kappa shape index (κ2) is 4.76. The van der Waals surface area contributed by atoms with Crippen LogP contribution in [-0.4, -0.2) is 49.2 Å². The van der Waals surface area contributed by atoms with Crippen molar-refractivity contribution in [3.63, 3.8) is 0 Å². The number of methoxy groups -OCH3 is 1. The fraction of sp³-hybridized carbons (Fsp3) is 0.643. The van der Waals surface area contributed by atoms with Crippen LogP contribution in [-0.2, 0) is 0 Å². The van der Waals surface area contributed by atoms with Crippen LogP contribution in [0.1, 0.15) is 19.3 Å². The SMILES string of the molecule is COc1cncc(N2CC3CCCC(C2)N3C)c1. The van der Waals surface area contributed by atoms with E-state index in [9.17, 15) is 0 Å². The molecular weight excluding hydrogens is 226 g/mol. The summed E-state index contributed by atoms with van der Waals surface area (Å²) in [5.74, 6) is 0.844. The van der Waals surface area contributed by atoms with E-state index in [1.54, 1.807) is 13.3 Å². The molecule has 0 spiro atoms. The normalized spacial score (nSPS) is 28.2. The fourth-order valence-corrected chi connectivity index (χ4v) is 3.22. The molecule has 0 radical (unpaired) electrons. The van der Waals surface area contributed by atoms with Gasteiger partial charge >= 0.3 is 0 Å². The lowest BCUT2D eigenvalue weighted by Crippen LogP contribution is -2.59. The monoisotopic (exact) mass is 247 g/mol. The zero-order chi connectivity index (χ0) is 12.5. The Morgan fingerprint density at radius 2 is 1.94 bits per heavy atom. The largest absolute Gasteiger partial charge is 0.495 e. The highest BCUT2D eigenvalue weighted by molar-refractivity contribution is 5.49. The third-order valence-electron chi connectivity index (χ3n) is 4.39. The van der Waals surface area contributed by atoms with E-state index >= 15 is 0 Å². The Bertz CT molecular complexity index is 409. The molecule has 0 aliphatic carbocycles. The molecule has 0 N–H and O–H groups in total. The van der Waals surface area contributed by atoms with Gasteiger partial charge in [-0.25, -0.2) is 0 Å². The molecule has 1 aromatic rings. The third kappa shape index (κ3) is 2.05. The van der Waals surface area contributed by atoms with Crippen LogP contribution < -0.4 is 9.64 Å². The van der Waals surface area contributed by atoms with Gasteiger partial charge in [0.15, 0.2) is 0 Å². The molecule has 4 heteroatoms. The Balaban J connectivity index is 1.80. The van der Waals surface area contributed by atoms with Gasteiger partial charge in [-0.2, -0.15) is 0 Å². The standard InChI is InChI=1S/C14H21N3O/c1-16-11-4-3-5-12(16)10-17(9-11)13-6-14(18-2)8-15-7-13/h6-8,11-12H,3-5,9-10H2,1-2H3. The van der Waals surface area contributed by atoms with Crippen molar-refractivity contribution in [1.82, 2.24) is 9.88 Å². The van der Waals surface area contributed by atoms with Crippen molar-refractivity contribution in [2.75, 3.05) is 32.1 Å². The first-order chi connectivity index (χ1) is 8.78. The number of nitrogens with zero attached hydrogens (tertiary/aromatic N) is 3. The zero-order valence-corrected chi connectivity index (χ0v) is 11.2. The molecule has 18 heavy (non-hydrogen) atoms. The second-order valence-electron chi connectivity index (χ2n) is 5.39. The summed E-state index contributed by atoms with van der Waals surface area (Å²) in [6.45, 7) is 2.23. The number of hydrogen-bond acceptors (Lipinski definition) is 4. The first kappa shape index (κ1) is 11.8. The molecule has 2 atom stereocenters. The first-order valence-corrected chi connectivity index (χ1v) is 6.74. The highest BCUT2D eigenvalue weighted by Gasteiger charge is 2.34. The van der Waals surface area contributed by atoms with Crippen molar-refractivity contribution in [1.29, 1.82) is 0 Å². The molecular formula is C14H21N3O. The lowest BCUT2D eigenvalue weighted by molar-refractivity contribution is 0.0950. The lowest BCUT2D eigenvalue weighted by Gasteiger charge is -2.49. The number of rotatable bonds is 2. The molecule has 1 aromatic heterocycles. The summed E-state index contributed by atoms with van der Waals surface area (Å²) in [5, 5.41) is 0. The van der Waals surface area contributed by atoms with E-state index in [4.69, 9.17) is 4.74 Å². The number of ether oxygens (including phenoxy) is 1. The van der Waals surface area contributed by atoms with Crippen molar-refractivity contribution in [3.8, 4) is 5.75 Å². The average Bonchev–Trinajstić information content (AvgIpc) is 2.38. The summed E-state index contributed by atoms with van der Waals surface area (Å²) >= 11 is 0. The van der Waals surface area contributed by atoms with Crippen LogP contribution >= 0.6 is 0 Å². The Labute approximate surface area is 109 Å². The summed E-state index contributed by atoms with van der Waals surface area (Å²) in [5.41, 5.74) is 1.19. The second-order valence-corrected chi connectivity index (χ2v) is 5.39. The van der Waals surface area contributed by atoms with Gasteiger partial charge in [0.25, 0.3) is 0 Å². The smallest absolute Gasteiger partial charge is 0.139 e. The number of aromatic nitrogens is 1. The minimum atomic E-state index is 0.698. The number of fused-ring (bicyclic) bond motifs is 2. The van der Waals surface area contributed by atoms with Gasteiger partial charge in [0.05, 0.1) is 25.2 Å². The zero-order valence-electron chi connectivity index (χ0n) is 11.2. The number of likely N-dealkylation sites (N-methyl/N-ethyl adjacent to an activating group) is 1. The molecule has 2 fully saturated rings. The number of piperazine rings is 1. The van der Waals surface area contributed by atoms with Gasteiger partial charge in [0.2, 0.25) is 0 Å². The van der Waals surface area contributed by atoms with Crippen molar-refractivity contribution < 1.29 is 4.74 Å². The molecule has 98 valence electrons. The van der Waals surface area contributed by atoms with E-state index in [0.29, 0.717) is 12.1 Å². The highest BCUT2D eigenvalue weighted by atomic mass is 16.5. The van der Waals surface area contributed by atoms with Gasteiger partial charge in [-0.05, 0) is 19.9 Å². The number of hydrogen-bond donors (Lipinski definition) is 0. The maximum atomic E-state index is 5.26. The Morgan fingerprint density at radius 3 is 2.61 bits per heavy atom. The van der Waals surface area contributed by atoms with Crippen LogP contribution in [0.2, 0.25) is 0 Å². The summed E-state index contributed by atoms with van der Waals surface area (Å²) in [4.78, 5) is 9.29. The predicted molar refractivity (Wildman–Crippen MR) is 72.2 cm³/mol. The maximum absolute atomic E-state index is 5.26. The topological polar surface area (TPSA) is 28.6 Å². The molecule has 3 heterocycles. The molecule has 0 amide bonds. The molecule has 2 aliphatic heterocycles. The van der Waals surface area contributed by atoms with Gasteiger partial charge in [-0.1, -0.05) is 6.42 Å². The highest BCUT2D eigenvalue weighted by Crippen LogP contribution is 2.30. The summed E-state index contributed by atoms with van der Waals surface area (Å²) < 4.78 is 5.26. The van der Waals surface area contributed by atoms with E-state index in [0.717, 1.165) is 18.8 Å². The van der Waals surface area contributed by atoms with Gasteiger partial charge in [0, 0.05) is 31.2 Å². The quantitative estimate of drug-likeness (QED) is 0.796. The molecule has 0 saturated carbocycles. The Morgan fingerprint density at radius 1 is 1.22 bits per heavy atom. The van der Waals surface area contributed by atoms with Crippen LogP contribution in [0.25, 0.3) is 0 Å². The minimum Gasteiger partial charge on any atom is -0.495 e. The van der Waals surface area contributed by atoms with Crippen molar-refractivity contribution in [2.24, 2.45) is 0 Å². The number of piperidine rings is 1. The molecule has 2 saturated heterocycles. The minimum absolute atomic E-state index is 0.698. The van der Waals surface area contributed by atoms with E-state index in [2.05, 4.69) is 27.9 Å². The van der Waals surface area contributed by atoms with Gasteiger partial charge in [-0.3, -0.25) is 9.88 Å². The van der Waals surface area contributed by atoms with E-state index < -0.39 is 0 Å². The number of pyridine rings is 1. The fourth-order valence-electron chi connectivity index (χ4n) is 3.22. The van der Waals surface area contributed by atoms with Crippen molar-refractivity contribution in [3.05, 3.63) is 18.5 Å². The van der Waals surface area contributed by atoms with Crippen LogP contribution in [0.4, 0.5) is 5.69 Å². The molecule has 3 rings (SSSR count). The summed E-state index contributed by atoms with van der Waals surface area (Å²) in [7, 11) is 3.97. The van der Waals surface area contributed by atoms with Crippen LogP contribution in [0.3, 0.4) is 0 Å². The summed E-state index contributed by atoms with van der Waals surface area (Å²) in [6, 6.07) is 3.49. The average molecular weight is 247 g/mol. The van der Waals surface area contributed by atoms with Crippen molar-refractivity contribution in [2.45, 2.75) is 31.3 Å². The lowest BCUT2D eigenvalue weighted by atomic mass is 9.92. The molecule has 4 nitrogen and oxygen atoms in total. The van der Waals surface area contributed by atoms with Gasteiger partial charge < -0.3 is 9.64 Å². The van der Waals surface area contributed by atoms with Crippen LogP contribution in [0.15, 0.2) is 18.5 Å². The Kier molecular flexibility index (Phi) is 3.12. The van der Waals surface area contributed by atoms with Crippen LogP contribution in [0.5, 0.6) is 5.75 Å². The van der Waals surface area contributed by atoms with Gasteiger partial charge in [0.1, 0.15) is 5.75 Å². The van der Waals surface area contributed by atoms with E-state index in [1.807, 2.05) is 6.20 Å². The molecule has 2 unspecified atom stereocenters. The molecule has 2 bridgehead atoms. The van der Waals surface area contributed by atoms with E-state index in [-0.39, 0.29) is 0 Å². The summed E-state index contributed by atoms with van der Waals surface area (Å²) in [6.07, 6.45) is 7.73. The van der Waals surface area contributed by atoms with Crippen LogP contribution in [0, 0.1) is 0 Å². The molecule has 2 aliphatic rings. The maximum Gasteiger partial charge on any atom is 0.139 e. The molecule has 0 aromatic carbocycles. The van der Waals surface area contributed by atoms with E-state index in [1.165, 1.54) is 24.9 Å². The van der Waals surface area contributed by atoms with Gasteiger partial charge in [-0.15, -0.1) is 0 Å².